The summed E-state index contributed by atoms with van der Waals surface area (Å²) in [7, 11) is 0. The summed E-state index contributed by atoms with van der Waals surface area (Å²) in [5.74, 6) is 0.0573. The molecule has 12 heavy (non-hydrogen) atoms. The number of hydrogen-bond acceptors (Lipinski definition) is 1. The quantitative estimate of drug-likeness (QED) is 0.582. The molecule has 2 heteroatoms. The fourth-order valence-corrected chi connectivity index (χ4v) is 1.05. The van der Waals surface area contributed by atoms with Gasteiger partial charge in [0.15, 0.2) is 0 Å². The van der Waals surface area contributed by atoms with E-state index in [9.17, 15) is 4.79 Å². The Labute approximate surface area is 82.9 Å². The second-order valence-electron chi connectivity index (χ2n) is 2.43. The first-order valence-corrected chi connectivity index (χ1v) is 4.38. The standard InChI is InChI=1S/C10H9O.Pd/c1-9(11)7-8-10-5-3-2-4-6-10;/h2-6,8H,1H3;. The molecule has 0 aliphatic heterocycles. The fraction of sp³-hybridized carbons (Fsp3) is 0.100. The summed E-state index contributed by atoms with van der Waals surface area (Å²) in [5, 5.41) is 0. The van der Waals surface area contributed by atoms with Crippen LogP contribution in [0.25, 0.3) is 6.08 Å². The molecule has 0 aliphatic carbocycles. The maximum atomic E-state index is 10.8. The van der Waals surface area contributed by atoms with Gasteiger partial charge in [0.25, 0.3) is 0 Å². The first-order chi connectivity index (χ1) is 5.70. The van der Waals surface area contributed by atoms with Crippen LogP contribution in [0.1, 0.15) is 12.5 Å². The summed E-state index contributed by atoms with van der Waals surface area (Å²) >= 11 is 2.92. The van der Waals surface area contributed by atoms with E-state index in [0.29, 0.717) is 4.05 Å². The number of Topliss-reactive ketones (excluding diaryl/α,β-unsaturated/α-hetero) is 1. The SMILES string of the molecule is CC(=O)[C]([Pd])=Cc1ccccc1. The molecule has 0 aromatic heterocycles. The molecular formula is C10H9OPd. The Morgan fingerprint density at radius 2 is 1.92 bits per heavy atom. The number of allylic oxidation sites excluding steroid dienone is 1. The summed E-state index contributed by atoms with van der Waals surface area (Å²) in [6.07, 6.45) is 1.82. The van der Waals surface area contributed by atoms with Crippen LogP contribution in [0, 0.1) is 0 Å². The van der Waals surface area contributed by atoms with Crippen LogP contribution in [-0.2, 0) is 24.0 Å². The monoisotopic (exact) mass is 251 g/mol. The van der Waals surface area contributed by atoms with Gasteiger partial charge in [-0.25, -0.2) is 0 Å². The van der Waals surface area contributed by atoms with Crippen LogP contribution in [0.3, 0.4) is 0 Å². The first kappa shape index (κ1) is 9.38. The van der Waals surface area contributed by atoms with E-state index in [0.717, 1.165) is 5.56 Å². The zero-order chi connectivity index (χ0) is 8.97. The molecule has 0 saturated heterocycles. The Hall–Kier alpha value is -0.708. The molecule has 0 unspecified atom stereocenters. The number of carbonyl (C=O) groups excluding carboxylic acids is 1. The third kappa shape index (κ3) is 2.73. The average Bonchev–Trinajstić information content (AvgIpc) is 2.06. The van der Waals surface area contributed by atoms with Crippen molar-refractivity contribution in [2.45, 2.75) is 6.92 Å². The van der Waals surface area contributed by atoms with Crippen LogP contribution in [0.15, 0.2) is 34.4 Å². The third-order valence-corrected chi connectivity index (χ3v) is 2.17. The van der Waals surface area contributed by atoms with Gasteiger partial charge in [0.1, 0.15) is 0 Å². The van der Waals surface area contributed by atoms with Crippen molar-refractivity contribution < 1.29 is 24.0 Å². The molecule has 0 spiro atoms. The molecule has 1 rings (SSSR count). The molecular weight excluding hydrogens is 243 g/mol. The van der Waals surface area contributed by atoms with Crippen LogP contribution < -0.4 is 0 Å². The molecule has 0 aliphatic rings. The molecule has 0 amide bonds. The van der Waals surface area contributed by atoms with Gasteiger partial charge >= 0.3 is 82.7 Å². The van der Waals surface area contributed by atoms with E-state index in [2.05, 4.69) is 19.2 Å². The van der Waals surface area contributed by atoms with Crippen LogP contribution in [0.5, 0.6) is 0 Å². The molecule has 0 saturated carbocycles. The Balaban J connectivity index is 2.89. The van der Waals surface area contributed by atoms with Crippen molar-refractivity contribution in [1.82, 2.24) is 0 Å². The molecule has 0 atom stereocenters. The van der Waals surface area contributed by atoms with Crippen LogP contribution >= 0.6 is 0 Å². The minimum absolute atomic E-state index is 0.0573. The van der Waals surface area contributed by atoms with E-state index in [1.54, 1.807) is 6.92 Å². The van der Waals surface area contributed by atoms with Gasteiger partial charge in [-0.1, -0.05) is 0 Å². The van der Waals surface area contributed by atoms with Gasteiger partial charge < -0.3 is 0 Å². The summed E-state index contributed by atoms with van der Waals surface area (Å²) in [5.41, 5.74) is 1.04. The minimum atomic E-state index is 0.0573. The Bertz CT molecular complexity index is 301. The molecule has 1 aromatic carbocycles. The normalized spacial score (nSPS) is 11.4. The molecule has 0 N–H and O–H groups in total. The zero-order valence-corrected chi connectivity index (χ0v) is 8.24. The van der Waals surface area contributed by atoms with Crippen molar-refractivity contribution in [3.05, 3.63) is 39.9 Å². The summed E-state index contributed by atoms with van der Waals surface area (Å²) in [6.45, 7) is 1.54. The Morgan fingerprint density at radius 1 is 1.33 bits per heavy atom. The number of benzene rings is 1. The van der Waals surface area contributed by atoms with Gasteiger partial charge in [0.05, 0.1) is 0 Å². The topological polar surface area (TPSA) is 17.1 Å². The van der Waals surface area contributed by atoms with Gasteiger partial charge in [-0.05, 0) is 0 Å². The molecule has 0 fully saturated rings. The van der Waals surface area contributed by atoms with Crippen LogP contribution in [-0.4, -0.2) is 5.78 Å². The van der Waals surface area contributed by atoms with Gasteiger partial charge in [-0.15, -0.1) is 0 Å². The molecule has 0 heterocycles. The predicted octanol–water partition coefficient (Wildman–Crippen LogP) is 2.16. The van der Waals surface area contributed by atoms with E-state index in [1.165, 1.54) is 0 Å². The Morgan fingerprint density at radius 3 is 2.42 bits per heavy atom. The molecule has 1 aromatic rings. The molecule has 0 radical (unpaired) electrons. The van der Waals surface area contributed by atoms with Crippen LogP contribution in [0.2, 0.25) is 0 Å². The Kier molecular flexibility index (Phi) is 3.40. The van der Waals surface area contributed by atoms with Crippen LogP contribution in [0.4, 0.5) is 0 Å². The fourth-order valence-electron chi connectivity index (χ4n) is 0.787. The summed E-state index contributed by atoms with van der Waals surface area (Å²) < 4.78 is 0.643. The van der Waals surface area contributed by atoms with E-state index < -0.39 is 0 Å². The van der Waals surface area contributed by atoms with Gasteiger partial charge in [-0.3, -0.25) is 0 Å². The van der Waals surface area contributed by atoms with E-state index in [-0.39, 0.29) is 5.78 Å². The maximum absolute atomic E-state index is 10.8. The number of carbonyl (C=O) groups is 1. The van der Waals surface area contributed by atoms with Crippen molar-refractivity contribution in [3.63, 3.8) is 0 Å². The van der Waals surface area contributed by atoms with Crippen molar-refractivity contribution >= 4 is 11.9 Å². The van der Waals surface area contributed by atoms with E-state index in [1.807, 2.05) is 36.4 Å². The third-order valence-electron chi connectivity index (χ3n) is 1.40. The summed E-state index contributed by atoms with van der Waals surface area (Å²) in [4.78, 5) is 10.8. The average molecular weight is 252 g/mol. The van der Waals surface area contributed by atoms with E-state index in [4.69, 9.17) is 0 Å². The first-order valence-electron chi connectivity index (χ1n) is 3.60. The number of ketones is 1. The molecule has 1 nitrogen and oxygen atoms in total. The number of rotatable bonds is 2. The van der Waals surface area contributed by atoms with Gasteiger partial charge in [0, 0.05) is 0 Å². The van der Waals surface area contributed by atoms with Gasteiger partial charge in [-0.2, -0.15) is 0 Å². The predicted molar refractivity (Wildman–Crippen MR) is 45.1 cm³/mol. The second-order valence-corrected chi connectivity index (χ2v) is 3.26. The van der Waals surface area contributed by atoms with Crippen molar-refractivity contribution in [3.8, 4) is 0 Å². The number of hydrogen-bond donors (Lipinski definition) is 0. The van der Waals surface area contributed by atoms with Crippen molar-refractivity contribution in [2.75, 3.05) is 0 Å². The van der Waals surface area contributed by atoms with Crippen molar-refractivity contribution in [1.29, 1.82) is 0 Å². The van der Waals surface area contributed by atoms with Gasteiger partial charge in [0.2, 0.25) is 0 Å². The van der Waals surface area contributed by atoms with Crippen molar-refractivity contribution in [2.24, 2.45) is 0 Å². The molecule has 65 valence electrons. The molecule has 0 bridgehead atoms. The van der Waals surface area contributed by atoms with E-state index >= 15 is 0 Å². The second kappa shape index (κ2) is 4.35. The summed E-state index contributed by atoms with van der Waals surface area (Å²) in [6, 6.07) is 9.74. The zero-order valence-electron chi connectivity index (χ0n) is 6.69.